The molecule has 0 aliphatic rings. The molecule has 0 unspecified atom stereocenters. The number of nitrogens with one attached hydrogen (secondary N) is 1. The summed E-state index contributed by atoms with van der Waals surface area (Å²) in [4.78, 5) is 38.6. The van der Waals surface area contributed by atoms with Gasteiger partial charge in [0.1, 0.15) is 4.83 Å². The number of carboxylic acid groups (broad SMARTS) is 1. The third-order valence-electron chi connectivity index (χ3n) is 2.81. The summed E-state index contributed by atoms with van der Waals surface area (Å²) < 4.78 is 0.938. The Bertz CT molecular complexity index is 738. The summed E-state index contributed by atoms with van der Waals surface area (Å²) in [5.74, 6) is -0.771. The summed E-state index contributed by atoms with van der Waals surface area (Å²) in [6.07, 6.45) is -0.254. The molecule has 0 radical (unpaired) electrons. The van der Waals surface area contributed by atoms with E-state index in [4.69, 9.17) is 5.11 Å². The molecule has 102 valence electrons. The molecule has 0 aliphatic carbocycles. The van der Waals surface area contributed by atoms with Crippen LogP contribution in [0.2, 0.25) is 0 Å². The van der Waals surface area contributed by atoms with Crippen molar-refractivity contribution in [2.45, 2.75) is 32.7 Å². The number of thiophene rings is 1. The van der Waals surface area contributed by atoms with Crippen LogP contribution >= 0.6 is 11.3 Å². The fraction of sp³-hybridized carbons (Fsp3) is 0.417. The second kappa shape index (κ2) is 5.00. The molecule has 2 aromatic rings. The number of aromatic nitrogens is 2. The quantitative estimate of drug-likeness (QED) is 0.885. The summed E-state index contributed by atoms with van der Waals surface area (Å²) in [6.45, 7) is 3.89. The zero-order valence-corrected chi connectivity index (χ0v) is 11.4. The van der Waals surface area contributed by atoms with Crippen LogP contribution in [0.25, 0.3) is 10.2 Å². The van der Waals surface area contributed by atoms with Gasteiger partial charge >= 0.3 is 11.7 Å². The van der Waals surface area contributed by atoms with E-state index < -0.39 is 17.2 Å². The minimum atomic E-state index is -1.04. The average molecular weight is 282 g/mol. The van der Waals surface area contributed by atoms with Crippen LogP contribution in [0.3, 0.4) is 0 Å². The van der Waals surface area contributed by atoms with Crippen molar-refractivity contribution >= 4 is 27.5 Å². The molecule has 2 rings (SSSR count). The molecule has 0 fully saturated rings. The van der Waals surface area contributed by atoms with Crippen molar-refractivity contribution in [1.29, 1.82) is 0 Å². The number of nitrogens with zero attached hydrogens (tertiary/aromatic N) is 1. The standard InChI is InChI=1S/C12H14N2O4S/c1-6(2)8-5-7-10(19-8)13-12(18)14(11(7)17)4-3-9(15)16/h5-6H,3-4H2,1-2H3,(H,13,18)(H,15,16). The van der Waals surface area contributed by atoms with Gasteiger partial charge in [-0.1, -0.05) is 13.8 Å². The van der Waals surface area contributed by atoms with Crippen LogP contribution in [0.1, 0.15) is 31.1 Å². The molecule has 0 saturated carbocycles. The highest BCUT2D eigenvalue weighted by molar-refractivity contribution is 7.18. The van der Waals surface area contributed by atoms with E-state index in [-0.39, 0.29) is 18.9 Å². The van der Waals surface area contributed by atoms with Crippen molar-refractivity contribution in [3.63, 3.8) is 0 Å². The van der Waals surface area contributed by atoms with E-state index in [2.05, 4.69) is 4.98 Å². The maximum atomic E-state index is 12.2. The summed E-state index contributed by atoms with van der Waals surface area (Å²) in [6, 6.07) is 1.76. The van der Waals surface area contributed by atoms with E-state index in [1.54, 1.807) is 6.07 Å². The average Bonchev–Trinajstić information content (AvgIpc) is 2.72. The zero-order valence-electron chi connectivity index (χ0n) is 10.6. The van der Waals surface area contributed by atoms with Gasteiger partial charge < -0.3 is 5.11 Å². The molecule has 0 aliphatic heterocycles. The van der Waals surface area contributed by atoms with Crippen molar-refractivity contribution in [3.8, 4) is 0 Å². The van der Waals surface area contributed by atoms with Crippen LogP contribution in [0.5, 0.6) is 0 Å². The zero-order chi connectivity index (χ0) is 14.2. The Hall–Kier alpha value is -1.89. The van der Waals surface area contributed by atoms with Crippen molar-refractivity contribution in [1.82, 2.24) is 9.55 Å². The van der Waals surface area contributed by atoms with Crippen LogP contribution in [0.4, 0.5) is 0 Å². The fourth-order valence-corrected chi connectivity index (χ4v) is 2.80. The lowest BCUT2D eigenvalue weighted by Crippen LogP contribution is -2.35. The Kier molecular flexibility index (Phi) is 3.57. The number of rotatable bonds is 4. The first-order valence-corrected chi connectivity index (χ1v) is 6.70. The number of fused-ring (bicyclic) bond motifs is 1. The van der Waals surface area contributed by atoms with Gasteiger partial charge in [0.15, 0.2) is 0 Å². The third kappa shape index (κ3) is 2.60. The van der Waals surface area contributed by atoms with Gasteiger partial charge in [0.2, 0.25) is 0 Å². The number of aromatic amines is 1. The Morgan fingerprint density at radius 3 is 2.74 bits per heavy atom. The number of aliphatic carboxylic acids is 1. The molecular weight excluding hydrogens is 268 g/mol. The first-order valence-electron chi connectivity index (χ1n) is 5.88. The molecule has 7 heteroatoms. The van der Waals surface area contributed by atoms with E-state index in [9.17, 15) is 14.4 Å². The van der Waals surface area contributed by atoms with Gasteiger partial charge in [0, 0.05) is 11.4 Å². The molecular formula is C12H14N2O4S. The molecule has 2 aromatic heterocycles. The van der Waals surface area contributed by atoms with Gasteiger partial charge in [-0.3, -0.25) is 19.1 Å². The van der Waals surface area contributed by atoms with Crippen molar-refractivity contribution < 1.29 is 9.90 Å². The number of carboxylic acids is 1. The van der Waals surface area contributed by atoms with Gasteiger partial charge in [-0.2, -0.15) is 0 Å². The van der Waals surface area contributed by atoms with Crippen LogP contribution in [0, 0.1) is 0 Å². The molecule has 2 heterocycles. The maximum absolute atomic E-state index is 12.2. The van der Waals surface area contributed by atoms with Gasteiger partial charge in [0.05, 0.1) is 11.8 Å². The summed E-state index contributed by atoms with van der Waals surface area (Å²) in [5.41, 5.74) is -0.987. The molecule has 6 nitrogen and oxygen atoms in total. The lowest BCUT2D eigenvalue weighted by atomic mass is 10.2. The van der Waals surface area contributed by atoms with Crippen LogP contribution in [-0.4, -0.2) is 20.6 Å². The first-order chi connectivity index (χ1) is 8.90. The Balaban J connectivity index is 2.58. The molecule has 0 amide bonds. The third-order valence-corrected chi connectivity index (χ3v) is 4.16. The normalized spacial score (nSPS) is 11.3. The lowest BCUT2D eigenvalue weighted by molar-refractivity contribution is -0.137. The van der Waals surface area contributed by atoms with E-state index in [0.29, 0.717) is 10.2 Å². The van der Waals surface area contributed by atoms with Crippen LogP contribution < -0.4 is 11.2 Å². The molecule has 19 heavy (non-hydrogen) atoms. The largest absolute Gasteiger partial charge is 0.481 e. The lowest BCUT2D eigenvalue weighted by Gasteiger charge is -2.01. The number of carbonyl (C=O) groups is 1. The molecule has 0 saturated heterocycles. The summed E-state index contributed by atoms with van der Waals surface area (Å²) in [5, 5.41) is 9.06. The SMILES string of the molecule is CC(C)c1cc2c(=O)n(CCC(=O)O)c(=O)[nH]c2s1. The van der Waals surface area contributed by atoms with E-state index >= 15 is 0 Å². The van der Waals surface area contributed by atoms with Gasteiger partial charge in [-0.25, -0.2) is 4.79 Å². The number of hydrogen-bond donors (Lipinski definition) is 2. The number of hydrogen-bond acceptors (Lipinski definition) is 4. The Labute approximate surface area is 112 Å². The highest BCUT2D eigenvalue weighted by Crippen LogP contribution is 2.26. The Morgan fingerprint density at radius 2 is 2.16 bits per heavy atom. The molecule has 0 atom stereocenters. The fourth-order valence-electron chi connectivity index (χ4n) is 1.76. The van der Waals surface area contributed by atoms with Crippen molar-refractivity contribution in [2.75, 3.05) is 0 Å². The molecule has 2 N–H and O–H groups in total. The monoisotopic (exact) mass is 282 g/mol. The van der Waals surface area contributed by atoms with Crippen LogP contribution in [0.15, 0.2) is 15.7 Å². The van der Waals surface area contributed by atoms with E-state index in [0.717, 1.165) is 9.44 Å². The predicted molar refractivity (Wildman–Crippen MR) is 73.0 cm³/mol. The van der Waals surface area contributed by atoms with Crippen LogP contribution in [-0.2, 0) is 11.3 Å². The van der Waals surface area contributed by atoms with Gasteiger partial charge in [-0.15, -0.1) is 11.3 Å². The molecule has 0 spiro atoms. The van der Waals surface area contributed by atoms with Gasteiger partial charge in [0.25, 0.3) is 5.56 Å². The summed E-state index contributed by atoms with van der Waals surface area (Å²) in [7, 11) is 0. The minimum absolute atomic E-state index is 0.119. The molecule has 0 aromatic carbocycles. The molecule has 0 bridgehead atoms. The minimum Gasteiger partial charge on any atom is -0.481 e. The highest BCUT2D eigenvalue weighted by Gasteiger charge is 2.13. The second-order valence-corrected chi connectivity index (χ2v) is 5.66. The van der Waals surface area contributed by atoms with Gasteiger partial charge in [-0.05, 0) is 12.0 Å². The second-order valence-electron chi connectivity index (χ2n) is 4.58. The predicted octanol–water partition coefficient (Wildman–Crippen LogP) is 1.35. The maximum Gasteiger partial charge on any atom is 0.329 e. The highest BCUT2D eigenvalue weighted by atomic mass is 32.1. The number of H-pyrrole nitrogens is 1. The smallest absolute Gasteiger partial charge is 0.329 e. The first kappa shape index (κ1) is 13.5. The van der Waals surface area contributed by atoms with E-state index in [1.165, 1.54) is 11.3 Å². The van der Waals surface area contributed by atoms with Crippen molar-refractivity contribution in [3.05, 3.63) is 31.8 Å². The Morgan fingerprint density at radius 1 is 1.47 bits per heavy atom. The van der Waals surface area contributed by atoms with E-state index in [1.807, 2.05) is 13.8 Å². The summed E-state index contributed by atoms with van der Waals surface area (Å²) >= 11 is 1.38. The van der Waals surface area contributed by atoms with Crippen molar-refractivity contribution in [2.24, 2.45) is 0 Å². The topological polar surface area (TPSA) is 92.2 Å².